The summed E-state index contributed by atoms with van der Waals surface area (Å²) in [4.78, 5) is 30.7. The molecule has 5 aromatic rings. The molecule has 6 rings (SSSR count). The van der Waals surface area contributed by atoms with E-state index < -0.39 is 5.97 Å². The molecule has 2 aromatic carbocycles. The van der Waals surface area contributed by atoms with Crippen LogP contribution < -0.4 is 4.90 Å². The number of nitrogens with zero attached hydrogens (tertiary/aromatic N) is 5. The van der Waals surface area contributed by atoms with Crippen molar-refractivity contribution in [2.45, 2.75) is 39.7 Å². The van der Waals surface area contributed by atoms with Gasteiger partial charge in [-0.1, -0.05) is 23.7 Å². The number of anilines is 1. The molecule has 1 saturated heterocycles. The van der Waals surface area contributed by atoms with Crippen LogP contribution in [0, 0.1) is 6.92 Å². The number of carboxylic acids is 1. The predicted molar refractivity (Wildman–Crippen MR) is 189 cm³/mol. The van der Waals surface area contributed by atoms with Crippen molar-refractivity contribution in [2.24, 2.45) is 0 Å². The number of benzene rings is 2. The Hall–Kier alpha value is -3.89. The molecule has 10 heteroatoms. The van der Waals surface area contributed by atoms with Crippen LogP contribution in [-0.4, -0.2) is 76.9 Å². The summed E-state index contributed by atoms with van der Waals surface area (Å²) < 4.78 is 5.89. The minimum absolute atomic E-state index is 0.0417. The van der Waals surface area contributed by atoms with Crippen LogP contribution in [-0.2, 0) is 16.0 Å². The second-order valence-electron chi connectivity index (χ2n) is 12.4. The fraction of sp³-hybridized carbons (Fsp3) is 0.333. The lowest BCUT2D eigenvalue weighted by molar-refractivity contribution is -0.136. The number of pyridine rings is 2. The van der Waals surface area contributed by atoms with Crippen LogP contribution in [0.4, 0.5) is 5.82 Å². The maximum atomic E-state index is 11.8. The van der Waals surface area contributed by atoms with Crippen LogP contribution in [0.15, 0.2) is 67.0 Å². The average Bonchev–Trinajstić information content (AvgIpc) is 3.46. The molecular formula is C36H40ClN5O3S. The van der Waals surface area contributed by atoms with Crippen molar-refractivity contribution < 1.29 is 14.6 Å². The Morgan fingerprint density at radius 1 is 0.978 bits per heavy atom. The molecule has 0 unspecified atom stereocenters. The van der Waals surface area contributed by atoms with Crippen molar-refractivity contribution in [3.8, 4) is 33.0 Å². The molecule has 0 saturated carbocycles. The summed E-state index contributed by atoms with van der Waals surface area (Å²) in [5.74, 6) is 0.120. The quantitative estimate of drug-likeness (QED) is 0.197. The Labute approximate surface area is 279 Å². The molecule has 46 heavy (non-hydrogen) atoms. The normalized spacial score (nSPS) is 13.8. The first-order valence-electron chi connectivity index (χ1n) is 15.2. The molecule has 1 aliphatic heterocycles. The number of carboxylic acid groups (broad SMARTS) is 1. The number of thiazole rings is 1. The number of hydrogen-bond donors (Lipinski definition) is 1. The summed E-state index contributed by atoms with van der Waals surface area (Å²) in [6.07, 6.45) is 3.62. The van der Waals surface area contributed by atoms with E-state index in [-0.39, 0.29) is 12.0 Å². The molecule has 4 heterocycles. The highest BCUT2D eigenvalue weighted by Crippen LogP contribution is 2.41. The van der Waals surface area contributed by atoms with Crippen molar-refractivity contribution in [3.05, 3.63) is 83.1 Å². The van der Waals surface area contributed by atoms with E-state index in [1.165, 1.54) is 0 Å². The summed E-state index contributed by atoms with van der Waals surface area (Å²) in [7, 11) is 3.85. The van der Waals surface area contributed by atoms with E-state index in [1.807, 2.05) is 76.4 Å². The standard InChI is InChI=1S/C31H28ClN5O2S.C5H12O/c1-19-15-26-30(29(24(19)17-28(38)39)20-3-6-23(32)7-4-20)40-31(35-26)21-9-10-33-25(16-21)22-5-8-27(34-18-22)37-13-11-36(2)12-14-37;1-5(2,3)6-4/h3-10,15-16,18H,11-14,17H2,1-2H3,(H,38,39);1-4H3. The van der Waals surface area contributed by atoms with Gasteiger partial charge in [0.1, 0.15) is 10.8 Å². The molecule has 0 spiro atoms. The molecule has 0 atom stereocenters. The molecule has 0 bridgehead atoms. The second-order valence-corrected chi connectivity index (χ2v) is 13.9. The van der Waals surface area contributed by atoms with Gasteiger partial charge in [-0.2, -0.15) is 0 Å². The van der Waals surface area contributed by atoms with Gasteiger partial charge < -0.3 is 19.6 Å². The van der Waals surface area contributed by atoms with Gasteiger partial charge in [0.25, 0.3) is 0 Å². The summed E-state index contributed by atoms with van der Waals surface area (Å²) in [6, 6.07) is 17.7. The van der Waals surface area contributed by atoms with Gasteiger partial charge in [0, 0.05) is 67.4 Å². The van der Waals surface area contributed by atoms with Gasteiger partial charge in [-0.05, 0) is 93.9 Å². The third-order valence-electron chi connectivity index (χ3n) is 7.96. The van der Waals surface area contributed by atoms with Gasteiger partial charge in [0.15, 0.2) is 0 Å². The molecule has 240 valence electrons. The lowest BCUT2D eigenvalue weighted by Gasteiger charge is -2.33. The zero-order valence-corrected chi connectivity index (χ0v) is 28.7. The molecule has 8 nitrogen and oxygen atoms in total. The fourth-order valence-electron chi connectivity index (χ4n) is 5.14. The second kappa shape index (κ2) is 14.3. The third-order valence-corrected chi connectivity index (χ3v) is 9.35. The van der Waals surface area contributed by atoms with E-state index in [9.17, 15) is 9.90 Å². The minimum atomic E-state index is -0.867. The first-order valence-corrected chi connectivity index (χ1v) is 16.4. The summed E-state index contributed by atoms with van der Waals surface area (Å²) in [6.45, 7) is 12.0. The molecule has 1 fully saturated rings. The predicted octanol–water partition coefficient (Wildman–Crippen LogP) is 7.86. The van der Waals surface area contributed by atoms with E-state index >= 15 is 0 Å². The van der Waals surface area contributed by atoms with Crippen molar-refractivity contribution in [1.29, 1.82) is 0 Å². The maximum Gasteiger partial charge on any atom is 0.307 e. The number of carbonyl (C=O) groups is 1. The number of fused-ring (bicyclic) bond motifs is 1. The fourth-order valence-corrected chi connectivity index (χ4v) is 6.40. The van der Waals surface area contributed by atoms with E-state index in [1.54, 1.807) is 24.6 Å². The number of aromatic nitrogens is 3. The summed E-state index contributed by atoms with van der Waals surface area (Å²) in [5, 5.41) is 11.1. The highest BCUT2D eigenvalue weighted by atomic mass is 35.5. The van der Waals surface area contributed by atoms with Crippen LogP contribution in [0.5, 0.6) is 0 Å². The Bertz CT molecular complexity index is 1810. The molecule has 0 aliphatic carbocycles. The summed E-state index contributed by atoms with van der Waals surface area (Å²) in [5.41, 5.74) is 7.12. The van der Waals surface area contributed by atoms with Crippen molar-refractivity contribution in [1.82, 2.24) is 19.9 Å². The minimum Gasteiger partial charge on any atom is -0.481 e. The number of aliphatic carboxylic acids is 1. The first-order chi connectivity index (χ1) is 21.9. The number of likely N-dealkylation sites (N-methyl/N-ethyl adjacent to an activating group) is 1. The SMILES string of the molecule is COC(C)(C)C.Cc1cc2nc(-c3ccnc(-c4ccc(N5CCN(C)CC5)nc4)c3)sc2c(-c2ccc(Cl)cc2)c1CC(=O)O. The molecule has 1 N–H and O–H groups in total. The van der Waals surface area contributed by atoms with Gasteiger partial charge in [0.05, 0.1) is 27.9 Å². The summed E-state index contributed by atoms with van der Waals surface area (Å²) >= 11 is 7.72. The van der Waals surface area contributed by atoms with Crippen LogP contribution in [0.2, 0.25) is 5.02 Å². The monoisotopic (exact) mass is 657 g/mol. The van der Waals surface area contributed by atoms with E-state index in [2.05, 4.69) is 34.0 Å². The number of ether oxygens (including phenoxy) is 1. The Morgan fingerprint density at radius 2 is 1.65 bits per heavy atom. The Morgan fingerprint density at radius 3 is 2.26 bits per heavy atom. The molecule has 1 aliphatic rings. The van der Waals surface area contributed by atoms with Crippen molar-refractivity contribution >= 4 is 44.9 Å². The lowest BCUT2D eigenvalue weighted by Crippen LogP contribution is -2.44. The number of aryl methyl sites for hydroxylation is 1. The van der Waals surface area contributed by atoms with Gasteiger partial charge in [-0.3, -0.25) is 9.78 Å². The van der Waals surface area contributed by atoms with Crippen LogP contribution in [0.3, 0.4) is 0 Å². The van der Waals surface area contributed by atoms with Gasteiger partial charge in [-0.15, -0.1) is 11.3 Å². The number of methoxy groups -OCH3 is 1. The van der Waals surface area contributed by atoms with Crippen molar-refractivity contribution in [3.63, 3.8) is 0 Å². The number of halogens is 1. The number of hydrogen-bond acceptors (Lipinski definition) is 8. The van der Waals surface area contributed by atoms with Gasteiger partial charge in [-0.25, -0.2) is 9.97 Å². The number of piperazine rings is 1. The lowest BCUT2D eigenvalue weighted by atomic mass is 9.93. The molecule has 0 radical (unpaired) electrons. The van der Waals surface area contributed by atoms with Gasteiger partial charge >= 0.3 is 5.97 Å². The first kappa shape index (κ1) is 33.5. The van der Waals surface area contributed by atoms with E-state index in [0.29, 0.717) is 5.02 Å². The Balaban J connectivity index is 0.000000635. The highest BCUT2D eigenvalue weighted by molar-refractivity contribution is 7.22. The van der Waals surface area contributed by atoms with Crippen molar-refractivity contribution in [2.75, 3.05) is 45.2 Å². The molecule has 3 aromatic heterocycles. The Kier molecular flexibility index (Phi) is 10.4. The topological polar surface area (TPSA) is 91.7 Å². The zero-order valence-electron chi connectivity index (χ0n) is 27.2. The molecule has 0 amide bonds. The maximum absolute atomic E-state index is 11.8. The smallest absolute Gasteiger partial charge is 0.307 e. The third kappa shape index (κ3) is 8.09. The van der Waals surface area contributed by atoms with E-state index in [4.69, 9.17) is 26.3 Å². The zero-order chi connectivity index (χ0) is 33.0. The molecular weight excluding hydrogens is 618 g/mol. The van der Waals surface area contributed by atoms with Crippen LogP contribution >= 0.6 is 22.9 Å². The van der Waals surface area contributed by atoms with Crippen LogP contribution in [0.1, 0.15) is 31.9 Å². The average molecular weight is 658 g/mol. The number of rotatable bonds is 6. The van der Waals surface area contributed by atoms with E-state index in [0.717, 1.165) is 86.3 Å². The van der Waals surface area contributed by atoms with Gasteiger partial charge in [0.2, 0.25) is 0 Å². The highest BCUT2D eigenvalue weighted by Gasteiger charge is 2.20. The van der Waals surface area contributed by atoms with Crippen LogP contribution in [0.25, 0.3) is 43.2 Å². The largest absolute Gasteiger partial charge is 0.481 e.